The van der Waals surface area contributed by atoms with E-state index < -0.39 is 0 Å². The number of hydrogen-bond acceptors (Lipinski definition) is 3. The van der Waals surface area contributed by atoms with E-state index in [9.17, 15) is 0 Å². The molecule has 1 heterocycles. The Morgan fingerprint density at radius 3 is 2.05 bits per heavy atom. The van der Waals surface area contributed by atoms with Gasteiger partial charge in [0.15, 0.2) is 0 Å². The molecule has 3 nitrogen and oxygen atoms in total. The van der Waals surface area contributed by atoms with Gasteiger partial charge in [-0.15, -0.1) is 0 Å². The zero-order chi connectivity index (χ0) is 15.4. The molecule has 0 bridgehead atoms. The normalized spacial score (nSPS) is 17.2. The number of benzene rings is 2. The van der Waals surface area contributed by atoms with Crippen molar-refractivity contribution < 1.29 is 4.74 Å². The van der Waals surface area contributed by atoms with Crippen molar-refractivity contribution in [2.24, 2.45) is 0 Å². The molecule has 1 aliphatic rings. The number of hydrogen-bond donors (Lipinski definition) is 1. The van der Waals surface area contributed by atoms with Crippen molar-refractivity contribution in [3.05, 3.63) is 64.7 Å². The topological polar surface area (TPSA) is 24.5 Å². The standard InChI is InChI=1S/C18H21ClN2O/c1-22-17-8-4-15(5-9-17)18(21-12-10-20-11-13-21)14-2-6-16(19)7-3-14/h2-9,18,20H,10-13H2,1H3. The molecule has 0 aliphatic carbocycles. The number of nitrogens with one attached hydrogen (secondary N) is 1. The highest BCUT2D eigenvalue weighted by Crippen LogP contribution is 2.30. The third-order valence-electron chi connectivity index (χ3n) is 4.13. The van der Waals surface area contributed by atoms with Crippen molar-refractivity contribution in [2.45, 2.75) is 6.04 Å². The maximum atomic E-state index is 6.05. The van der Waals surface area contributed by atoms with Gasteiger partial charge in [-0.05, 0) is 35.4 Å². The summed E-state index contributed by atoms with van der Waals surface area (Å²) in [6.07, 6.45) is 0. The van der Waals surface area contributed by atoms with Gasteiger partial charge in [-0.3, -0.25) is 4.90 Å². The van der Waals surface area contributed by atoms with Crippen molar-refractivity contribution in [3.8, 4) is 5.75 Å². The van der Waals surface area contributed by atoms with Crippen LogP contribution in [-0.2, 0) is 0 Å². The van der Waals surface area contributed by atoms with Gasteiger partial charge in [0.05, 0.1) is 13.2 Å². The highest BCUT2D eigenvalue weighted by Gasteiger charge is 2.23. The number of piperazine rings is 1. The van der Waals surface area contributed by atoms with Crippen LogP contribution in [0.3, 0.4) is 0 Å². The summed E-state index contributed by atoms with van der Waals surface area (Å²) in [6.45, 7) is 4.14. The molecular weight excluding hydrogens is 296 g/mol. The van der Waals surface area contributed by atoms with Crippen molar-refractivity contribution >= 4 is 11.6 Å². The lowest BCUT2D eigenvalue weighted by atomic mass is 9.96. The van der Waals surface area contributed by atoms with Gasteiger partial charge in [0.2, 0.25) is 0 Å². The lowest BCUT2D eigenvalue weighted by Gasteiger charge is -2.35. The van der Waals surface area contributed by atoms with Crippen LogP contribution < -0.4 is 10.1 Å². The fourth-order valence-electron chi connectivity index (χ4n) is 2.99. The smallest absolute Gasteiger partial charge is 0.118 e. The van der Waals surface area contributed by atoms with Crippen LogP contribution in [0.15, 0.2) is 48.5 Å². The Bertz CT molecular complexity index is 591. The van der Waals surface area contributed by atoms with E-state index >= 15 is 0 Å². The van der Waals surface area contributed by atoms with Gasteiger partial charge in [-0.25, -0.2) is 0 Å². The summed E-state index contributed by atoms with van der Waals surface area (Å²) >= 11 is 6.05. The molecule has 1 fully saturated rings. The molecule has 1 atom stereocenters. The molecule has 0 radical (unpaired) electrons. The van der Waals surface area contributed by atoms with E-state index in [-0.39, 0.29) is 6.04 Å². The molecule has 3 rings (SSSR count). The van der Waals surface area contributed by atoms with Crippen LogP contribution in [0.25, 0.3) is 0 Å². The maximum Gasteiger partial charge on any atom is 0.118 e. The summed E-state index contributed by atoms with van der Waals surface area (Å²) in [5, 5.41) is 4.19. The number of rotatable bonds is 4. The van der Waals surface area contributed by atoms with Gasteiger partial charge in [-0.2, -0.15) is 0 Å². The second-order valence-corrected chi connectivity index (χ2v) is 5.95. The number of ether oxygens (including phenoxy) is 1. The van der Waals surface area contributed by atoms with E-state index in [0.717, 1.165) is 37.0 Å². The second-order valence-electron chi connectivity index (χ2n) is 5.51. The Kier molecular flexibility index (Phi) is 4.98. The third-order valence-corrected chi connectivity index (χ3v) is 4.39. The molecule has 1 saturated heterocycles. The minimum absolute atomic E-state index is 0.255. The summed E-state index contributed by atoms with van der Waals surface area (Å²) in [5.41, 5.74) is 2.56. The number of nitrogens with zero attached hydrogens (tertiary/aromatic N) is 1. The molecule has 2 aromatic carbocycles. The first-order chi connectivity index (χ1) is 10.8. The van der Waals surface area contributed by atoms with E-state index in [1.54, 1.807) is 7.11 Å². The van der Waals surface area contributed by atoms with E-state index in [1.807, 2.05) is 24.3 Å². The first-order valence-electron chi connectivity index (χ1n) is 7.62. The molecule has 1 unspecified atom stereocenters. The predicted octanol–water partition coefficient (Wildman–Crippen LogP) is 3.34. The van der Waals surface area contributed by atoms with E-state index in [2.05, 4.69) is 34.5 Å². The van der Waals surface area contributed by atoms with E-state index in [1.165, 1.54) is 11.1 Å². The Hall–Kier alpha value is -1.55. The highest BCUT2D eigenvalue weighted by molar-refractivity contribution is 6.30. The molecule has 0 aromatic heterocycles. The van der Waals surface area contributed by atoms with Crippen molar-refractivity contribution in [1.82, 2.24) is 10.2 Å². The van der Waals surface area contributed by atoms with Crippen LogP contribution in [0.4, 0.5) is 0 Å². The van der Waals surface area contributed by atoms with E-state index in [4.69, 9.17) is 16.3 Å². The van der Waals surface area contributed by atoms with Crippen LogP contribution in [0.2, 0.25) is 5.02 Å². The van der Waals surface area contributed by atoms with Crippen LogP contribution in [0, 0.1) is 0 Å². The molecule has 0 spiro atoms. The van der Waals surface area contributed by atoms with Crippen molar-refractivity contribution in [3.63, 3.8) is 0 Å². The first-order valence-corrected chi connectivity index (χ1v) is 8.00. The molecule has 2 aromatic rings. The average Bonchev–Trinajstić information content (AvgIpc) is 2.58. The van der Waals surface area contributed by atoms with Gasteiger partial charge in [-0.1, -0.05) is 35.9 Å². The monoisotopic (exact) mass is 316 g/mol. The molecule has 1 N–H and O–H groups in total. The largest absolute Gasteiger partial charge is 0.497 e. The van der Waals surface area contributed by atoms with Crippen molar-refractivity contribution in [1.29, 1.82) is 0 Å². The third kappa shape index (κ3) is 3.43. The van der Waals surface area contributed by atoms with Gasteiger partial charge in [0.1, 0.15) is 5.75 Å². The molecular formula is C18H21ClN2O. The minimum Gasteiger partial charge on any atom is -0.497 e. The van der Waals surface area contributed by atoms with Gasteiger partial charge in [0, 0.05) is 31.2 Å². The first kappa shape index (κ1) is 15.3. The molecule has 0 amide bonds. The molecule has 0 saturated carbocycles. The van der Waals surface area contributed by atoms with Crippen LogP contribution >= 0.6 is 11.6 Å². The fourth-order valence-corrected chi connectivity index (χ4v) is 3.11. The second kappa shape index (κ2) is 7.14. The van der Waals surface area contributed by atoms with Gasteiger partial charge >= 0.3 is 0 Å². The number of methoxy groups -OCH3 is 1. The summed E-state index contributed by atoms with van der Waals surface area (Å²) in [5.74, 6) is 0.888. The van der Waals surface area contributed by atoms with Gasteiger partial charge < -0.3 is 10.1 Å². The SMILES string of the molecule is COc1ccc(C(c2ccc(Cl)cc2)N2CCNCC2)cc1. The Morgan fingerprint density at radius 2 is 1.50 bits per heavy atom. The lowest BCUT2D eigenvalue weighted by Crippen LogP contribution is -2.45. The Morgan fingerprint density at radius 1 is 0.955 bits per heavy atom. The summed E-state index contributed by atoms with van der Waals surface area (Å²) in [6, 6.07) is 16.8. The summed E-state index contributed by atoms with van der Waals surface area (Å²) in [7, 11) is 1.70. The Balaban J connectivity index is 1.95. The van der Waals surface area contributed by atoms with E-state index in [0.29, 0.717) is 0 Å². The molecule has 116 valence electrons. The van der Waals surface area contributed by atoms with Crippen LogP contribution in [-0.4, -0.2) is 38.2 Å². The average molecular weight is 317 g/mol. The zero-order valence-electron chi connectivity index (χ0n) is 12.8. The van der Waals surface area contributed by atoms with Gasteiger partial charge in [0.25, 0.3) is 0 Å². The highest BCUT2D eigenvalue weighted by atomic mass is 35.5. The molecule has 4 heteroatoms. The summed E-state index contributed by atoms with van der Waals surface area (Å²) < 4.78 is 5.27. The Labute approximate surface area is 136 Å². The molecule has 22 heavy (non-hydrogen) atoms. The predicted molar refractivity (Wildman–Crippen MR) is 90.7 cm³/mol. The van der Waals surface area contributed by atoms with Crippen molar-refractivity contribution in [2.75, 3.05) is 33.3 Å². The zero-order valence-corrected chi connectivity index (χ0v) is 13.5. The fraction of sp³-hybridized carbons (Fsp3) is 0.333. The quantitative estimate of drug-likeness (QED) is 0.936. The lowest BCUT2D eigenvalue weighted by molar-refractivity contribution is 0.198. The maximum absolute atomic E-state index is 6.05. The minimum atomic E-state index is 0.255. The molecule has 1 aliphatic heterocycles. The van der Waals surface area contributed by atoms with Crippen LogP contribution in [0.5, 0.6) is 5.75 Å². The number of halogens is 1. The van der Waals surface area contributed by atoms with Crippen LogP contribution in [0.1, 0.15) is 17.2 Å². The summed E-state index contributed by atoms with van der Waals surface area (Å²) in [4.78, 5) is 2.52.